The summed E-state index contributed by atoms with van der Waals surface area (Å²) in [5.41, 5.74) is 0. The lowest BCUT2D eigenvalue weighted by molar-refractivity contribution is 0.148. The molecule has 0 radical (unpaired) electrons. The zero-order valence-corrected chi connectivity index (χ0v) is 9.59. The van der Waals surface area contributed by atoms with Crippen LogP contribution in [0, 0.1) is 0 Å². The number of aromatic nitrogens is 2. The highest BCUT2D eigenvalue weighted by Crippen LogP contribution is 2.15. The van der Waals surface area contributed by atoms with Gasteiger partial charge in [0.15, 0.2) is 0 Å². The zero-order valence-electron chi connectivity index (χ0n) is 8.77. The fourth-order valence-corrected chi connectivity index (χ4v) is 1.85. The van der Waals surface area contributed by atoms with Crippen molar-refractivity contribution in [1.82, 2.24) is 15.3 Å². The lowest BCUT2D eigenvalue weighted by Crippen LogP contribution is -2.34. The van der Waals surface area contributed by atoms with Gasteiger partial charge in [-0.1, -0.05) is 0 Å². The van der Waals surface area contributed by atoms with Crippen LogP contribution >= 0.6 is 11.8 Å². The molecule has 1 saturated heterocycles. The molecule has 1 aromatic rings. The van der Waals surface area contributed by atoms with Crippen molar-refractivity contribution in [1.29, 1.82) is 0 Å². The Morgan fingerprint density at radius 3 is 2.60 bits per heavy atom. The van der Waals surface area contributed by atoms with Gasteiger partial charge in [-0.25, -0.2) is 9.97 Å². The fourth-order valence-electron chi connectivity index (χ4n) is 1.53. The van der Waals surface area contributed by atoms with E-state index in [0.29, 0.717) is 6.01 Å². The highest BCUT2D eigenvalue weighted by atomic mass is 32.2. The van der Waals surface area contributed by atoms with Gasteiger partial charge in [0.1, 0.15) is 6.10 Å². The van der Waals surface area contributed by atoms with E-state index in [-0.39, 0.29) is 6.10 Å². The van der Waals surface area contributed by atoms with Gasteiger partial charge in [-0.2, -0.15) is 0 Å². The van der Waals surface area contributed by atoms with E-state index in [1.807, 2.05) is 6.26 Å². The minimum atomic E-state index is 0.270. The van der Waals surface area contributed by atoms with Crippen molar-refractivity contribution in [2.75, 3.05) is 19.3 Å². The van der Waals surface area contributed by atoms with Crippen molar-refractivity contribution in [2.24, 2.45) is 0 Å². The van der Waals surface area contributed by atoms with Gasteiger partial charge >= 0.3 is 6.01 Å². The van der Waals surface area contributed by atoms with Crippen molar-refractivity contribution in [3.63, 3.8) is 0 Å². The van der Waals surface area contributed by atoms with Crippen molar-refractivity contribution >= 4 is 11.8 Å². The molecule has 1 aliphatic heterocycles. The van der Waals surface area contributed by atoms with Crippen LogP contribution in [0.3, 0.4) is 0 Å². The smallest absolute Gasteiger partial charge is 0.316 e. The van der Waals surface area contributed by atoms with E-state index < -0.39 is 0 Å². The zero-order chi connectivity index (χ0) is 10.5. The lowest BCUT2D eigenvalue weighted by Gasteiger charge is -2.22. The van der Waals surface area contributed by atoms with Crippen LogP contribution in [0.25, 0.3) is 0 Å². The van der Waals surface area contributed by atoms with E-state index in [0.717, 1.165) is 30.8 Å². The maximum atomic E-state index is 5.68. The first-order valence-electron chi connectivity index (χ1n) is 5.12. The van der Waals surface area contributed by atoms with Crippen molar-refractivity contribution in [3.8, 4) is 6.01 Å². The maximum absolute atomic E-state index is 5.68. The summed E-state index contributed by atoms with van der Waals surface area (Å²) in [5, 5.41) is 3.29. The van der Waals surface area contributed by atoms with Crippen LogP contribution in [0.15, 0.2) is 17.3 Å². The normalized spacial score (nSPS) is 17.7. The first kappa shape index (κ1) is 10.7. The van der Waals surface area contributed by atoms with E-state index in [4.69, 9.17) is 4.74 Å². The number of piperidine rings is 1. The van der Waals surface area contributed by atoms with Crippen molar-refractivity contribution in [2.45, 2.75) is 23.8 Å². The van der Waals surface area contributed by atoms with Gasteiger partial charge in [-0.15, -0.1) is 11.8 Å². The van der Waals surface area contributed by atoms with Gasteiger partial charge in [0.2, 0.25) is 0 Å². The molecule has 0 aliphatic carbocycles. The summed E-state index contributed by atoms with van der Waals surface area (Å²) in [4.78, 5) is 9.40. The molecule has 0 bridgehead atoms. The number of thioether (sulfide) groups is 1. The van der Waals surface area contributed by atoms with Crippen LogP contribution in [0.1, 0.15) is 12.8 Å². The Balaban J connectivity index is 1.91. The predicted octanol–water partition coefficient (Wildman–Crippen LogP) is 1.33. The average molecular weight is 225 g/mol. The van der Waals surface area contributed by atoms with Crippen molar-refractivity contribution < 1.29 is 4.74 Å². The van der Waals surface area contributed by atoms with E-state index in [1.165, 1.54) is 0 Å². The van der Waals surface area contributed by atoms with Crippen LogP contribution in [-0.2, 0) is 0 Å². The second kappa shape index (κ2) is 5.32. The maximum Gasteiger partial charge on any atom is 0.316 e. The molecular weight excluding hydrogens is 210 g/mol. The summed E-state index contributed by atoms with van der Waals surface area (Å²) >= 11 is 1.63. The SMILES string of the molecule is CSc1cnc(OC2CCNCC2)nc1. The number of hydrogen-bond donors (Lipinski definition) is 1. The number of hydrogen-bond acceptors (Lipinski definition) is 5. The third-order valence-electron chi connectivity index (χ3n) is 2.40. The Kier molecular flexibility index (Phi) is 3.80. The van der Waals surface area contributed by atoms with Crippen LogP contribution in [0.4, 0.5) is 0 Å². The molecule has 82 valence electrons. The highest BCUT2D eigenvalue weighted by Gasteiger charge is 2.15. The van der Waals surface area contributed by atoms with E-state index in [9.17, 15) is 0 Å². The monoisotopic (exact) mass is 225 g/mol. The second-order valence-corrected chi connectivity index (χ2v) is 4.35. The Morgan fingerprint density at radius 2 is 2.00 bits per heavy atom. The van der Waals surface area contributed by atoms with Gasteiger partial charge < -0.3 is 10.1 Å². The summed E-state index contributed by atoms with van der Waals surface area (Å²) in [6.07, 6.45) is 7.95. The molecule has 0 amide bonds. The van der Waals surface area contributed by atoms with Crippen LogP contribution in [0.5, 0.6) is 6.01 Å². The molecule has 5 heteroatoms. The third-order valence-corrected chi connectivity index (χ3v) is 3.08. The quantitative estimate of drug-likeness (QED) is 0.786. The fraction of sp³-hybridized carbons (Fsp3) is 0.600. The van der Waals surface area contributed by atoms with Crippen LogP contribution in [-0.4, -0.2) is 35.4 Å². The molecule has 2 heterocycles. The summed E-state index contributed by atoms with van der Waals surface area (Å²) in [6, 6.07) is 0.500. The molecule has 15 heavy (non-hydrogen) atoms. The van der Waals surface area contributed by atoms with Crippen molar-refractivity contribution in [3.05, 3.63) is 12.4 Å². The van der Waals surface area contributed by atoms with E-state index in [2.05, 4.69) is 15.3 Å². The second-order valence-electron chi connectivity index (χ2n) is 3.47. The number of ether oxygens (including phenoxy) is 1. The van der Waals surface area contributed by atoms with E-state index in [1.54, 1.807) is 24.2 Å². The Hall–Kier alpha value is -0.810. The summed E-state index contributed by atoms with van der Waals surface area (Å²) < 4.78 is 5.68. The Morgan fingerprint density at radius 1 is 1.33 bits per heavy atom. The first-order valence-corrected chi connectivity index (χ1v) is 6.34. The van der Waals surface area contributed by atoms with Crippen LogP contribution in [0.2, 0.25) is 0 Å². The Bertz CT molecular complexity index is 298. The first-order chi connectivity index (χ1) is 7.38. The largest absolute Gasteiger partial charge is 0.460 e. The number of rotatable bonds is 3. The standard InChI is InChI=1S/C10H15N3OS/c1-15-9-6-12-10(13-7-9)14-8-2-4-11-5-3-8/h6-8,11H,2-5H2,1H3. The highest BCUT2D eigenvalue weighted by molar-refractivity contribution is 7.98. The molecule has 1 N–H and O–H groups in total. The molecule has 0 atom stereocenters. The van der Waals surface area contributed by atoms with E-state index >= 15 is 0 Å². The number of nitrogens with zero attached hydrogens (tertiary/aromatic N) is 2. The topological polar surface area (TPSA) is 47.0 Å². The molecule has 4 nitrogen and oxygen atoms in total. The third kappa shape index (κ3) is 3.07. The average Bonchev–Trinajstić information content (AvgIpc) is 2.31. The van der Waals surface area contributed by atoms with Gasteiger partial charge in [0.25, 0.3) is 0 Å². The minimum absolute atomic E-state index is 0.270. The Labute approximate surface area is 93.8 Å². The molecule has 0 aromatic carbocycles. The molecule has 0 saturated carbocycles. The van der Waals surface area contributed by atoms with Gasteiger partial charge in [-0.05, 0) is 32.2 Å². The lowest BCUT2D eigenvalue weighted by atomic mass is 10.1. The molecule has 0 unspecified atom stereocenters. The molecule has 1 fully saturated rings. The van der Waals surface area contributed by atoms with Gasteiger partial charge in [0, 0.05) is 17.3 Å². The molecule has 1 aliphatic rings. The van der Waals surface area contributed by atoms with Gasteiger partial charge in [-0.3, -0.25) is 0 Å². The summed E-state index contributed by atoms with van der Waals surface area (Å²) in [6.45, 7) is 2.04. The molecular formula is C10H15N3OS. The number of nitrogens with one attached hydrogen (secondary N) is 1. The van der Waals surface area contributed by atoms with Gasteiger partial charge in [0.05, 0.1) is 0 Å². The summed E-state index contributed by atoms with van der Waals surface area (Å²) in [7, 11) is 0. The molecule has 0 spiro atoms. The predicted molar refractivity (Wildman–Crippen MR) is 60.3 cm³/mol. The minimum Gasteiger partial charge on any atom is -0.460 e. The molecule has 2 rings (SSSR count). The molecule has 1 aromatic heterocycles. The summed E-state index contributed by atoms with van der Waals surface area (Å²) in [5.74, 6) is 0. The van der Waals surface area contributed by atoms with Crippen LogP contribution < -0.4 is 10.1 Å².